The Morgan fingerprint density at radius 2 is 2.35 bits per heavy atom. The van der Waals surface area contributed by atoms with Gasteiger partial charge in [0.1, 0.15) is 6.07 Å². The van der Waals surface area contributed by atoms with Crippen LogP contribution >= 0.6 is 0 Å². The molecule has 0 aromatic heterocycles. The van der Waals surface area contributed by atoms with Crippen molar-refractivity contribution < 1.29 is 4.74 Å². The first-order chi connectivity index (χ1) is 8.24. The van der Waals surface area contributed by atoms with Gasteiger partial charge in [0.25, 0.3) is 0 Å². The smallest absolute Gasteiger partial charge is 0.101 e. The van der Waals surface area contributed by atoms with Crippen molar-refractivity contribution >= 4 is 5.69 Å². The molecule has 1 saturated heterocycles. The lowest BCUT2D eigenvalue weighted by molar-refractivity contribution is 0.161. The molecule has 0 spiro atoms. The molecule has 2 rings (SSSR count). The summed E-state index contributed by atoms with van der Waals surface area (Å²) in [5, 5.41) is 9.14. The highest BCUT2D eigenvalue weighted by molar-refractivity contribution is 5.61. The van der Waals surface area contributed by atoms with Gasteiger partial charge in [-0.3, -0.25) is 0 Å². The highest BCUT2D eigenvalue weighted by Gasteiger charge is 2.24. The van der Waals surface area contributed by atoms with E-state index in [-0.39, 0.29) is 0 Å². The number of nitriles is 1. The molecule has 0 aliphatic carbocycles. The molecule has 1 aromatic carbocycles. The first-order valence-electron chi connectivity index (χ1n) is 5.99. The van der Waals surface area contributed by atoms with Gasteiger partial charge in [0.15, 0.2) is 0 Å². The van der Waals surface area contributed by atoms with Crippen molar-refractivity contribution in [3.8, 4) is 6.07 Å². The maximum Gasteiger partial charge on any atom is 0.101 e. The van der Waals surface area contributed by atoms with Gasteiger partial charge in [0.05, 0.1) is 17.9 Å². The molecule has 0 saturated carbocycles. The molecule has 0 radical (unpaired) electrons. The highest BCUT2D eigenvalue weighted by Crippen LogP contribution is 2.27. The molecule has 90 valence electrons. The third-order valence-electron chi connectivity index (χ3n) is 3.30. The Balaban J connectivity index is 2.18. The average molecular weight is 230 g/mol. The normalized spacial score (nSPS) is 19.4. The number of aryl methyl sites for hydroxylation is 1. The van der Waals surface area contributed by atoms with Gasteiger partial charge in [-0.2, -0.15) is 5.26 Å². The summed E-state index contributed by atoms with van der Waals surface area (Å²) < 4.78 is 5.20. The van der Waals surface area contributed by atoms with E-state index in [9.17, 15) is 0 Å². The third kappa shape index (κ3) is 2.59. The molecule has 1 unspecified atom stereocenters. The van der Waals surface area contributed by atoms with Gasteiger partial charge in [-0.15, -0.1) is 0 Å². The Kier molecular flexibility index (Phi) is 3.65. The van der Waals surface area contributed by atoms with Crippen LogP contribution in [0.5, 0.6) is 0 Å². The van der Waals surface area contributed by atoms with E-state index in [2.05, 4.69) is 24.0 Å². The summed E-state index contributed by atoms with van der Waals surface area (Å²) in [5.41, 5.74) is 3.05. The fraction of sp³-hybridized carbons (Fsp3) is 0.500. The molecular formula is C14H18N2O. The molecule has 1 aromatic rings. The molecule has 1 heterocycles. The zero-order valence-electron chi connectivity index (χ0n) is 10.4. The topological polar surface area (TPSA) is 36.3 Å². The van der Waals surface area contributed by atoms with Crippen LogP contribution < -0.4 is 4.90 Å². The van der Waals surface area contributed by atoms with Crippen LogP contribution in [0.2, 0.25) is 0 Å². The van der Waals surface area contributed by atoms with Gasteiger partial charge in [-0.1, -0.05) is 6.07 Å². The second-order valence-corrected chi connectivity index (χ2v) is 4.69. The van der Waals surface area contributed by atoms with E-state index >= 15 is 0 Å². The highest BCUT2D eigenvalue weighted by atomic mass is 16.5. The Morgan fingerprint density at radius 3 is 3.06 bits per heavy atom. The molecule has 3 nitrogen and oxygen atoms in total. The van der Waals surface area contributed by atoms with E-state index in [4.69, 9.17) is 10.00 Å². The lowest BCUT2D eigenvalue weighted by Gasteiger charge is -2.20. The molecule has 0 bridgehead atoms. The van der Waals surface area contributed by atoms with Crippen LogP contribution in [0, 0.1) is 24.2 Å². The van der Waals surface area contributed by atoms with Crippen molar-refractivity contribution in [1.29, 1.82) is 5.26 Å². The largest absolute Gasteiger partial charge is 0.384 e. The molecular weight excluding hydrogens is 212 g/mol. The molecule has 17 heavy (non-hydrogen) atoms. The Bertz CT molecular complexity index is 436. The summed E-state index contributed by atoms with van der Waals surface area (Å²) in [7, 11) is 1.75. The van der Waals surface area contributed by atoms with Crippen molar-refractivity contribution in [1.82, 2.24) is 0 Å². The molecule has 0 N–H and O–H groups in total. The molecule has 1 aliphatic heterocycles. The summed E-state index contributed by atoms with van der Waals surface area (Å²) in [5.74, 6) is 0.590. The number of benzene rings is 1. The van der Waals surface area contributed by atoms with E-state index in [1.807, 2.05) is 12.1 Å². The van der Waals surface area contributed by atoms with Crippen LogP contribution in [-0.2, 0) is 4.74 Å². The van der Waals surface area contributed by atoms with Crippen LogP contribution in [0.4, 0.5) is 5.69 Å². The maximum absolute atomic E-state index is 9.14. The Labute approximate surface area is 103 Å². The van der Waals surface area contributed by atoms with Crippen molar-refractivity contribution in [2.75, 3.05) is 31.7 Å². The minimum absolute atomic E-state index is 0.590. The minimum atomic E-state index is 0.590. The third-order valence-corrected chi connectivity index (χ3v) is 3.30. The van der Waals surface area contributed by atoms with Gasteiger partial charge in [-0.25, -0.2) is 0 Å². The average Bonchev–Trinajstić information content (AvgIpc) is 2.78. The maximum atomic E-state index is 9.14. The Morgan fingerprint density at radius 1 is 1.53 bits per heavy atom. The lowest BCUT2D eigenvalue weighted by Crippen LogP contribution is -2.22. The fourth-order valence-electron chi connectivity index (χ4n) is 2.42. The van der Waals surface area contributed by atoms with E-state index in [0.717, 1.165) is 37.4 Å². The van der Waals surface area contributed by atoms with Crippen LogP contribution in [0.1, 0.15) is 17.5 Å². The number of rotatable bonds is 3. The van der Waals surface area contributed by atoms with E-state index in [1.54, 1.807) is 7.11 Å². The minimum Gasteiger partial charge on any atom is -0.384 e. The first-order valence-corrected chi connectivity index (χ1v) is 5.99. The summed E-state index contributed by atoms with van der Waals surface area (Å²) in [4.78, 5) is 2.30. The number of ether oxygens (including phenoxy) is 1. The van der Waals surface area contributed by atoms with Crippen molar-refractivity contribution in [2.24, 2.45) is 5.92 Å². The number of hydrogen-bond acceptors (Lipinski definition) is 3. The lowest BCUT2D eigenvalue weighted by atomic mass is 10.1. The zero-order chi connectivity index (χ0) is 12.3. The van der Waals surface area contributed by atoms with E-state index < -0.39 is 0 Å². The standard InChI is InChI=1S/C14H18N2O/c1-11-3-4-13(8-15)14(7-11)16-6-5-12(9-16)10-17-2/h3-4,7,12H,5-6,9-10H2,1-2H3. The first kappa shape index (κ1) is 11.9. The quantitative estimate of drug-likeness (QED) is 0.799. The van der Waals surface area contributed by atoms with Crippen LogP contribution in [-0.4, -0.2) is 26.8 Å². The van der Waals surface area contributed by atoms with Gasteiger partial charge in [-0.05, 0) is 31.0 Å². The summed E-state index contributed by atoms with van der Waals surface area (Å²) >= 11 is 0. The number of nitrogens with zero attached hydrogens (tertiary/aromatic N) is 2. The monoisotopic (exact) mass is 230 g/mol. The molecule has 1 atom stereocenters. The van der Waals surface area contributed by atoms with Crippen molar-refractivity contribution in [3.63, 3.8) is 0 Å². The van der Waals surface area contributed by atoms with Gasteiger partial charge < -0.3 is 9.64 Å². The van der Waals surface area contributed by atoms with Crippen molar-refractivity contribution in [3.05, 3.63) is 29.3 Å². The van der Waals surface area contributed by atoms with Gasteiger partial charge in [0.2, 0.25) is 0 Å². The SMILES string of the molecule is COCC1CCN(c2cc(C)ccc2C#N)C1. The molecule has 1 fully saturated rings. The Hall–Kier alpha value is -1.53. The van der Waals surface area contributed by atoms with Gasteiger partial charge >= 0.3 is 0 Å². The fourth-order valence-corrected chi connectivity index (χ4v) is 2.42. The van der Waals surface area contributed by atoms with Crippen LogP contribution in [0.15, 0.2) is 18.2 Å². The second kappa shape index (κ2) is 5.20. The van der Waals surface area contributed by atoms with Crippen LogP contribution in [0.3, 0.4) is 0 Å². The predicted octanol–water partition coefficient (Wildman–Crippen LogP) is 2.34. The van der Waals surface area contributed by atoms with E-state index in [1.165, 1.54) is 5.56 Å². The summed E-state index contributed by atoms with van der Waals surface area (Å²) in [6.45, 7) is 4.88. The molecule has 0 amide bonds. The number of methoxy groups -OCH3 is 1. The summed E-state index contributed by atoms with van der Waals surface area (Å²) in [6, 6.07) is 8.28. The zero-order valence-corrected chi connectivity index (χ0v) is 10.4. The van der Waals surface area contributed by atoms with E-state index in [0.29, 0.717) is 5.92 Å². The number of hydrogen-bond donors (Lipinski definition) is 0. The molecule has 3 heteroatoms. The molecule has 1 aliphatic rings. The van der Waals surface area contributed by atoms with Gasteiger partial charge in [0, 0.05) is 26.1 Å². The predicted molar refractivity (Wildman–Crippen MR) is 68.1 cm³/mol. The summed E-state index contributed by atoms with van der Waals surface area (Å²) in [6.07, 6.45) is 1.15. The van der Waals surface area contributed by atoms with Crippen molar-refractivity contribution in [2.45, 2.75) is 13.3 Å². The van der Waals surface area contributed by atoms with Crippen LogP contribution in [0.25, 0.3) is 0 Å². The second-order valence-electron chi connectivity index (χ2n) is 4.69. The number of anilines is 1.